The molecule has 0 atom stereocenters. The van der Waals surface area contributed by atoms with Crippen LogP contribution < -0.4 is 0 Å². The number of carbonyl (C=O) groups excluding carboxylic acids is 1. The van der Waals surface area contributed by atoms with Gasteiger partial charge in [0.2, 0.25) is 0 Å². The van der Waals surface area contributed by atoms with Crippen LogP contribution in [0.2, 0.25) is 0 Å². The second kappa shape index (κ2) is 7.12. The number of allylic oxidation sites excluding steroid dienone is 1. The van der Waals surface area contributed by atoms with E-state index in [2.05, 4.69) is 0 Å². The Morgan fingerprint density at radius 2 is 1.93 bits per heavy atom. The van der Waals surface area contributed by atoms with Gasteiger partial charge in [-0.15, -0.1) is 0 Å². The molecule has 0 aliphatic carbocycles. The van der Waals surface area contributed by atoms with Gasteiger partial charge in [0.25, 0.3) is 0 Å². The fraction of sp³-hybridized carbons (Fsp3) is 0.600. The molecule has 0 unspecified atom stereocenters. The summed E-state index contributed by atoms with van der Waals surface area (Å²) in [6, 6.07) is 0. The largest absolute Gasteiger partial charge is 0.481 e. The number of esters is 1. The molecule has 4 nitrogen and oxygen atoms in total. The monoisotopic (exact) mass is 200 g/mol. The maximum Gasteiger partial charge on any atom is 0.306 e. The molecule has 0 fully saturated rings. The number of carboxylic acid groups (broad SMARTS) is 1. The van der Waals surface area contributed by atoms with Gasteiger partial charge < -0.3 is 9.84 Å². The lowest BCUT2D eigenvalue weighted by Gasteiger charge is -2.01. The van der Waals surface area contributed by atoms with E-state index in [1.807, 2.05) is 19.9 Å². The molecular formula is C10H16O4. The Balaban J connectivity index is 3.45. The number of carbonyl (C=O) groups is 2. The van der Waals surface area contributed by atoms with Crippen molar-refractivity contribution in [2.75, 3.05) is 6.61 Å². The summed E-state index contributed by atoms with van der Waals surface area (Å²) < 4.78 is 4.80. The zero-order valence-electron chi connectivity index (χ0n) is 8.58. The standard InChI is InChI=1S/C10H16O4/c1-8(2)4-3-7-14-10(13)6-5-9(11)12/h4H,3,5-7H2,1-2H3,(H,11,12). The average Bonchev–Trinajstić information content (AvgIpc) is 2.08. The van der Waals surface area contributed by atoms with Gasteiger partial charge in [-0.2, -0.15) is 0 Å². The molecular weight excluding hydrogens is 184 g/mol. The van der Waals surface area contributed by atoms with Crippen molar-refractivity contribution in [3.8, 4) is 0 Å². The van der Waals surface area contributed by atoms with Gasteiger partial charge in [-0.05, 0) is 20.3 Å². The number of carboxylic acids is 1. The third kappa shape index (κ3) is 8.77. The molecule has 1 N–H and O–H groups in total. The van der Waals surface area contributed by atoms with Crippen molar-refractivity contribution >= 4 is 11.9 Å². The summed E-state index contributed by atoms with van der Waals surface area (Å²) in [5, 5.41) is 8.29. The number of hydrogen-bond donors (Lipinski definition) is 1. The molecule has 0 saturated heterocycles. The highest BCUT2D eigenvalue weighted by molar-refractivity contribution is 5.76. The summed E-state index contributed by atoms with van der Waals surface area (Å²) in [6.45, 7) is 4.25. The molecule has 14 heavy (non-hydrogen) atoms. The van der Waals surface area contributed by atoms with E-state index in [-0.39, 0.29) is 12.8 Å². The molecule has 0 radical (unpaired) electrons. The molecule has 0 aliphatic rings. The molecule has 80 valence electrons. The number of aliphatic carboxylic acids is 1. The van der Waals surface area contributed by atoms with Crippen molar-refractivity contribution in [1.82, 2.24) is 0 Å². The van der Waals surface area contributed by atoms with Crippen LogP contribution in [0, 0.1) is 0 Å². The Hall–Kier alpha value is -1.32. The zero-order chi connectivity index (χ0) is 11.0. The van der Waals surface area contributed by atoms with E-state index in [0.29, 0.717) is 13.0 Å². The second-order valence-electron chi connectivity index (χ2n) is 3.18. The lowest BCUT2D eigenvalue weighted by Crippen LogP contribution is -2.08. The van der Waals surface area contributed by atoms with Crippen molar-refractivity contribution in [3.05, 3.63) is 11.6 Å². The Labute approximate surface area is 83.6 Å². The van der Waals surface area contributed by atoms with E-state index >= 15 is 0 Å². The number of hydrogen-bond acceptors (Lipinski definition) is 3. The van der Waals surface area contributed by atoms with Crippen LogP contribution in [-0.2, 0) is 14.3 Å². The first-order chi connectivity index (χ1) is 6.52. The molecule has 4 heteroatoms. The van der Waals surface area contributed by atoms with E-state index in [1.54, 1.807) is 0 Å². The molecule has 0 bridgehead atoms. The SMILES string of the molecule is CC(C)=CCCOC(=O)CCC(=O)O. The van der Waals surface area contributed by atoms with Crippen LogP contribution >= 0.6 is 0 Å². The summed E-state index contributed by atoms with van der Waals surface area (Å²) in [5.74, 6) is -1.43. The van der Waals surface area contributed by atoms with E-state index in [1.165, 1.54) is 5.57 Å². The Morgan fingerprint density at radius 3 is 2.43 bits per heavy atom. The highest BCUT2D eigenvalue weighted by Crippen LogP contribution is 1.96. The van der Waals surface area contributed by atoms with Gasteiger partial charge in [0.05, 0.1) is 19.4 Å². The van der Waals surface area contributed by atoms with Crippen LogP contribution in [0.5, 0.6) is 0 Å². The average molecular weight is 200 g/mol. The fourth-order valence-corrected chi connectivity index (χ4v) is 0.802. The Kier molecular flexibility index (Phi) is 6.45. The van der Waals surface area contributed by atoms with Crippen molar-refractivity contribution < 1.29 is 19.4 Å². The second-order valence-corrected chi connectivity index (χ2v) is 3.18. The first-order valence-corrected chi connectivity index (χ1v) is 4.53. The third-order valence-corrected chi connectivity index (χ3v) is 1.48. The van der Waals surface area contributed by atoms with E-state index < -0.39 is 11.9 Å². The third-order valence-electron chi connectivity index (χ3n) is 1.48. The van der Waals surface area contributed by atoms with Crippen LogP contribution in [0.3, 0.4) is 0 Å². The lowest BCUT2D eigenvalue weighted by atomic mass is 10.3. The van der Waals surface area contributed by atoms with Crippen LogP contribution in [0.1, 0.15) is 33.1 Å². The summed E-state index contributed by atoms with van der Waals surface area (Å²) >= 11 is 0. The Morgan fingerprint density at radius 1 is 1.29 bits per heavy atom. The van der Waals surface area contributed by atoms with Crippen LogP contribution in [0.25, 0.3) is 0 Å². The molecule has 0 saturated carbocycles. The predicted octanol–water partition coefficient (Wildman–Crippen LogP) is 1.75. The smallest absolute Gasteiger partial charge is 0.306 e. The molecule has 0 amide bonds. The lowest BCUT2D eigenvalue weighted by molar-refractivity contribution is -0.147. The van der Waals surface area contributed by atoms with Crippen molar-refractivity contribution in [2.45, 2.75) is 33.1 Å². The van der Waals surface area contributed by atoms with E-state index in [0.717, 1.165) is 0 Å². The van der Waals surface area contributed by atoms with Crippen molar-refractivity contribution in [2.24, 2.45) is 0 Å². The number of rotatable bonds is 6. The van der Waals surface area contributed by atoms with Gasteiger partial charge in [0.15, 0.2) is 0 Å². The van der Waals surface area contributed by atoms with Gasteiger partial charge >= 0.3 is 11.9 Å². The maximum atomic E-state index is 10.9. The van der Waals surface area contributed by atoms with Crippen LogP contribution in [0.4, 0.5) is 0 Å². The molecule has 0 aromatic heterocycles. The first kappa shape index (κ1) is 12.7. The summed E-state index contributed by atoms with van der Waals surface area (Å²) in [4.78, 5) is 21.0. The normalized spacial score (nSPS) is 9.29. The van der Waals surface area contributed by atoms with Crippen molar-refractivity contribution in [1.29, 1.82) is 0 Å². The van der Waals surface area contributed by atoms with E-state index in [4.69, 9.17) is 9.84 Å². The summed E-state index contributed by atoms with van der Waals surface area (Å²) in [7, 11) is 0. The minimum absolute atomic E-state index is 0.0514. The van der Waals surface area contributed by atoms with Crippen molar-refractivity contribution in [3.63, 3.8) is 0 Å². The van der Waals surface area contributed by atoms with Gasteiger partial charge in [-0.1, -0.05) is 11.6 Å². The van der Waals surface area contributed by atoms with Crippen LogP contribution in [-0.4, -0.2) is 23.7 Å². The molecule has 0 heterocycles. The zero-order valence-corrected chi connectivity index (χ0v) is 8.58. The highest BCUT2D eigenvalue weighted by Gasteiger charge is 2.05. The highest BCUT2D eigenvalue weighted by atomic mass is 16.5. The number of ether oxygens (including phenoxy) is 1. The fourth-order valence-electron chi connectivity index (χ4n) is 0.802. The van der Waals surface area contributed by atoms with Gasteiger partial charge in [-0.25, -0.2) is 0 Å². The summed E-state index contributed by atoms with van der Waals surface area (Å²) in [6.07, 6.45) is 2.43. The molecule has 0 aliphatic heterocycles. The molecule has 0 aromatic rings. The topological polar surface area (TPSA) is 63.6 Å². The first-order valence-electron chi connectivity index (χ1n) is 4.53. The van der Waals surface area contributed by atoms with Gasteiger partial charge in [0.1, 0.15) is 0 Å². The van der Waals surface area contributed by atoms with Gasteiger partial charge in [0, 0.05) is 0 Å². The maximum absolute atomic E-state index is 10.9. The minimum atomic E-state index is -0.980. The van der Waals surface area contributed by atoms with E-state index in [9.17, 15) is 9.59 Å². The minimum Gasteiger partial charge on any atom is -0.481 e. The quantitative estimate of drug-likeness (QED) is 0.403. The van der Waals surface area contributed by atoms with Gasteiger partial charge in [-0.3, -0.25) is 9.59 Å². The predicted molar refractivity (Wildman–Crippen MR) is 51.9 cm³/mol. The molecule has 0 aromatic carbocycles. The van der Waals surface area contributed by atoms with Crippen LogP contribution in [0.15, 0.2) is 11.6 Å². The molecule has 0 rings (SSSR count). The molecule has 0 spiro atoms. The Bertz CT molecular complexity index is 226. The summed E-state index contributed by atoms with van der Waals surface area (Å²) in [5.41, 5.74) is 1.17.